The number of hydrogen-bond acceptors (Lipinski definition) is 5. The van der Waals surface area contributed by atoms with Crippen LogP contribution in [0.4, 0.5) is 0 Å². The summed E-state index contributed by atoms with van der Waals surface area (Å²) < 4.78 is 0. The van der Waals surface area contributed by atoms with Crippen molar-refractivity contribution >= 4 is 22.7 Å². The van der Waals surface area contributed by atoms with Crippen molar-refractivity contribution in [2.45, 2.75) is 20.0 Å². The molecule has 0 bridgehead atoms. The van der Waals surface area contributed by atoms with Gasteiger partial charge in [0.25, 0.3) is 0 Å². The summed E-state index contributed by atoms with van der Waals surface area (Å²) in [5, 5.41) is 8.18. The molecule has 0 fully saturated rings. The van der Waals surface area contributed by atoms with E-state index in [1.807, 2.05) is 17.7 Å². The number of nitrogens with zero attached hydrogens (tertiary/aromatic N) is 1. The third-order valence-corrected chi connectivity index (χ3v) is 3.40. The number of nitrogens with one attached hydrogen (secondary N) is 2. The number of aryl methyl sites for hydroxylation is 1. The summed E-state index contributed by atoms with van der Waals surface area (Å²) in [6, 6.07) is 0. The SMILES string of the molecule is Cc1nc(CNCc2csc(=O)[nH]2)cs1. The molecule has 6 heteroatoms. The van der Waals surface area contributed by atoms with E-state index in [9.17, 15) is 4.79 Å². The molecule has 0 saturated heterocycles. The van der Waals surface area contributed by atoms with Gasteiger partial charge in [-0.15, -0.1) is 11.3 Å². The molecule has 2 aromatic rings. The molecular formula is C9H11N3OS2. The second-order valence-corrected chi connectivity index (χ2v) is 5.04. The van der Waals surface area contributed by atoms with Crippen molar-refractivity contribution in [3.8, 4) is 0 Å². The highest BCUT2D eigenvalue weighted by Gasteiger charge is 1.99. The lowest BCUT2D eigenvalue weighted by Gasteiger charge is -1.99. The Morgan fingerprint density at radius 3 is 2.87 bits per heavy atom. The maximum absolute atomic E-state index is 10.9. The molecule has 15 heavy (non-hydrogen) atoms. The summed E-state index contributed by atoms with van der Waals surface area (Å²) >= 11 is 2.84. The van der Waals surface area contributed by atoms with Gasteiger partial charge in [-0.3, -0.25) is 4.79 Å². The molecule has 2 heterocycles. The standard InChI is InChI=1S/C9H11N3OS2/c1-6-11-7(4-14-6)2-10-3-8-5-15-9(13)12-8/h4-5,10H,2-3H2,1H3,(H,12,13). The van der Waals surface area contributed by atoms with Crippen LogP contribution < -0.4 is 10.2 Å². The Morgan fingerprint density at radius 1 is 1.40 bits per heavy atom. The van der Waals surface area contributed by atoms with Crippen LogP contribution in [-0.4, -0.2) is 9.97 Å². The average Bonchev–Trinajstić information content (AvgIpc) is 2.76. The van der Waals surface area contributed by atoms with Gasteiger partial charge in [-0.1, -0.05) is 11.3 Å². The molecule has 0 aliphatic rings. The molecule has 2 N–H and O–H groups in total. The monoisotopic (exact) mass is 241 g/mol. The van der Waals surface area contributed by atoms with Crippen LogP contribution >= 0.6 is 22.7 Å². The van der Waals surface area contributed by atoms with E-state index in [4.69, 9.17) is 0 Å². The molecule has 0 atom stereocenters. The fraction of sp³-hybridized carbons (Fsp3) is 0.333. The molecule has 0 aromatic carbocycles. The van der Waals surface area contributed by atoms with Gasteiger partial charge in [0.2, 0.25) is 0 Å². The quantitative estimate of drug-likeness (QED) is 0.852. The first kappa shape index (κ1) is 10.5. The van der Waals surface area contributed by atoms with Crippen LogP contribution in [0, 0.1) is 6.92 Å². The average molecular weight is 241 g/mol. The number of hydrogen-bond donors (Lipinski definition) is 2. The van der Waals surface area contributed by atoms with Crippen LogP contribution in [0.1, 0.15) is 16.4 Å². The third kappa shape index (κ3) is 2.98. The van der Waals surface area contributed by atoms with Gasteiger partial charge in [0.05, 0.1) is 10.7 Å². The maximum atomic E-state index is 10.9. The van der Waals surface area contributed by atoms with Gasteiger partial charge in [-0.05, 0) is 6.92 Å². The zero-order valence-electron chi connectivity index (χ0n) is 8.24. The number of thiazole rings is 2. The highest BCUT2D eigenvalue weighted by atomic mass is 32.1. The summed E-state index contributed by atoms with van der Waals surface area (Å²) in [6.07, 6.45) is 0. The van der Waals surface area contributed by atoms with Crippen LogP contribution in [0.5, 0.6) is 0 Å². The minimum atomic E-state index is -0.00342. The molecule has 2 aromatic heterocycles. The molecule has 0 amide bonds. The lowest BCUT2D eigenvalue weighted by Crippen LogP contribution is -2.14. The fourth-order valence-corrected chi connectivity index (χ4v) is 2.41. The molecule has 0 spiro atoms. The van der Waals surface area contributed by atoms with Crippen molar-refractivity contribution in [1.29, 1.82) is 0 Å². The molecule has 0 saturated carbocycles. The van der Waals surface area contributed by atoms with Crippen LogP contribution in [0.2, 0.25) is 0 Å². The summed E-state index contributed by atoms with van der Waals surface area (Å²) in [5.74, 6) is 0. The second-order valence-electron chi connectivity index (χ2n) is 3.13. The largest absolute Gasteiger partial charge is 0.315 e. The van der Waals surface area contributed by atoms with E-state index in [1.54, 1.807) is 11.3 Å². The van der Waals surface area contributed by atoms with E-state index in [0.29, 0.717) is 6.54 Å². The van der Waals surface area contributed by atoms with Crippen molar-refractivity contribution < 1.29 is 0 Å². The van der Waals surface area contributed by atoms with Gasteiger partial charge < -0.3 is 10.3 Å². The minimum Gasteiger partial charge on any atom is -0.315 e. The Balaban J connectivity index is 1.82. The molecule has 0 aliphatic carbocycles. The van der Waals surface area contributed by atoms with Crippen LogP contribution in [0.15, 0.2) is 15.6 Å². The number of aromatic amines is 1. The topological polar surface area (TPSA) is 57.8 Å². The summed E-state index contributed by atoms with van der Waals surface area (Å²) in [4.78, 5) is 17.9. The summed E-state index contributed by atoms with van der Waals surface area (Å²) in [6.45, 7) is 3.40. The first-order valence-corrected chi connectivity index (χ1v) is 6.28. The Bertz CT molecular complexity index is 485. The van der Waals surface area contributed by atoms with Crippen molar-refractivity contribution in [3.63, 3.8) is 0 Å². The zero-order valence-corrected chi connectivity index (χ0v) is 9.87. The van der Waals surface area contributed by atoms with Gasteiger partial charge in [-0.2, -0.15) is 0 Å². The maximum Gasteiger partial charge on any atom is 0.304 e. The predicted octanol–water partition coefficient (Wildman–Crippen LogP) is 1.49. The van der Waals surface area contributed by atoms with Crippen molar-refractivity contribution in [2.75, 3.05) is 0 Å². The Labute approximate surface area is 95.0 Å². The van der Waals surface area contributed by atoms with Crippen LogP contribution in [-0.2, 0) is 13.1 Å². The van der Waals surface area contributed by atoms with E-state index < -0.39 is 0 Å². The first-order valence-electron chi connectivity index (χ1n) is 4.52. The lowest BCUT2D eigenvalue weighted by molar-refractivity contribution is 0.671. The van der Waals surface area contributed by atoms with Gasteiger partial charge in [0.1, 0.15) is 0 Å². The normalized spacial score (nSPS) is 10.7. The van der Waals surface area contributed by atoms with Crippen molar-refractivity contribution in [1.82, 2.24) is 15.3 Å². The third-order valence-electron chi connectivity index (χ3n) is 1.86. The lowest BCUT2D eigenvalue weighted by atomic mass is 10.4. The second kappa shape index (κ2) is 4.69. The van der Waals surface area contributed by atoms with E-state index in [2.05, 4.69) is 15.3 Å². The first-order chi connectivity index (χ1) is 7.24. The molecule has 0 radical (unpaired) electrons. The van der Waals surface area contributed by atoms with Gasteiger partial charge in [0.15, 0.2) is 0 Å². The number of rotatable bonds is 4. The smallest absolute Gasteiger partial charge is 0.304 e. The molecule has 4 nitrogen and oxygen atoms in total. The molecule has 2 rings (SSSR count). The molecule has 0 unspecified atom stereocenters. The Morgan fingerprint density at radius 2 is 2.27 bits per heavy atom. The van der Waals surface area contributed by atoms with E-state index in [-0.39, 0.29) is 4.87 Å². The van der Waals surface area contributed by atoms with Crippen LogP contribution in [0.25, 0.3) is 0 Å². The van der Waals surface area contributed by atoms with Crippen LogP contribution in [0.3, 0.4) is 0 Å². The van der Waals surface area contributed by atoms with Gasteiger partial charge >= 0.3 is 4.87 Å². The van der Waals surface area contributed by atoms with Gasteiger partial charge in [-0.25, -0.2) is 4.98 Å². The highest BCUT2D eigenvalue weighted by molar-refractivity contribution is 7.09. The molecule has 0 aliphatic heterocycles. The molecule has 80 valence electrons. The predicted molar refractivity (Wildman–Crippen MR) is 62.3 cm³/mol. The fourth-order valence-electron chi connectivity index (χ4n) is 1.22. The van der Waals surface area contributed by atoms with Crippen molar-refractivity contribution in [3.05, 3.63) is 36.8 Å². The van der Waals surface area contributed by atoms with Crippen molar-refractivity contribution in [2.24, 2.45) is 0 Å². The summed E-state index contributed by atoms with van der Waals surface area (Å²) in [5.41, 5.74) is 1.98. The Kier molecular flexibility index (Phi) is 3.30. The highest BCUT2D eigenvalue weighted by Crippen LogP contribution is 2.07. The zero-order chi connectivity index (χ0) is 10.7. The Hall–Kier alpha value is -0.980. The molecular weight excluding hydrogens is 230 g/mol. The van der Waals surface area contributed by atoms with E-state index in [0.717, 1.165) is 22.9 Å². The summed E-state index contributed by atoms with van der Waals surface area (Å²) in [7, 11) is 0. The minimum absolute atomic E-state index is 0.00342. The number of H-pyrrole nitrogens is 1. The van der Waals surface area contributed by atoms with Gasteiger partial charge in [0, 0.05) is 29.5 Å². The van der Waals surface area contributed by atoms with E-state index in [1.165, 1.54) is 11.3 Å². The van der Waals surface area contributed by atoms with E-state index >= 15 is 0 Å². The number of aromatic nitrogens is 2.